The number of hydrogen-bond donors (Lipinski definition) is 1. The van der Waals surface area contributed by atoms with Crippen molar-refractivity contribution in [2.75, 3.05) is 20.3 Å². The number of carbonyl (C=O) groups is 1. The molecule has 0 aromatic heterocycles. The first-order valence-electron chi connectivity index (χ1n) is 6.78. The largest absolute Gasteiger partial charge is 0.455 e. The standard InChI is InChI=1S/C13H28O5Si/c1-7-11(3)17-10-13(9-14,18-12(15)8-2)19(5,6)16-4/h11,14H,7-10H2,1-6H3. The van der Waals surface area contributed by atoms with E-state index in [1.165, 1.54) is 0 Å². The van der Waals surface area contributed by atoms with Crippen molar-refractivity contribution in [3.63, 3.8) is 0 Å². The minimum Gasteiger partial charge on any atom is -0.455 e. The van der Waals surface area contributed by atoms with Gasteiger partial charge in [-0.3, -0.25) is 4.79 Å². The van der Waals surface area contributed by atoms with E-state index in [9.17, 15) is 9.90 Å². The van der Waals surface area contributed by atoms with Crippen molar-refractivity contribution in [2.24, 2.45) is 0 Å². The van der Waals surface area contributed by atoms with Crippen molar-refractivity contribution < 1.29 is 23.8 Å². The van der Waals surface area contributed by atoms with Crippen LogP contribution in [0.25, 0.3) is 0 Å². The second-order valence-electron chi connectivity index (χ2n) is 5.22. The smallest absolute Gasteiger partial charge is 0.305 e. The zero-order valence-electron chi connectivity index (χ0n) is 13.0. The third kappa shape index (κ3) is 4.87. The summed E-state index contributed by atoms with van der Waals surface area (Å²) in [6.07, 6.45) is 1.17. The topological polar surface area (TPSA) is 65.0 Å². The van der Waals surface area contributed by atoms with E-state index in [0.29, 0.717) is 0 Å². The van der Waals surface area contributed by atoms with Crippen LogP contribution in [0.2, 0.25) is 13.1 Å². The van der Waals surface area contributed by atoms with E-state index >= 15 is 0 Å². The summed E-state index contributed by atoms with van der Waals surface area (Å²) >= 11 is 0. The Morgan fingerprint density at radius 1 is 1.37 bits per heavy atom. The first-order valence-corrected chi connectivity index (χ1v) is 9.68. The molecule has 0 radical (unpaired) electrons. The van der Waals surface area contributed by atoms with E-state index in [2.05, 4.69) is 0 Å². The molecule has 5 nitrogen and oxygen atoms in total. The summed E-state index contributed by atoms with van der Waals surface area (Å²) in [7, 11) is -0.851. The number of carbonyl (C=O) groups excluding carboxylic acids is 1. The van der Waals surface area contributed by atoms with Crippen molar-refractivity contribution in [3.8, 4) is 0 Å². The van der Waals surface area contributed by atoms with Gasteiger partial charge in [0, 0.05) is 13.5 Å². The normalized spacial score (nSPS) is 16.8. The molecule has 0 aromatic carbocycles. The van der Waals surface area contributed by atoms with Gasteiger partial charge in [-0.05, 0) is 26.4 Å². The highest BCUT2D eigenvalue weighted by Crippen LogP contribution is 2.27. The minimum atomic E-state index is -2.43. The Kier molecular flexibility index (Phi) is 7.81. The molecule has 0 aromatic rings. The van der Waals surface area contributed by atoms with Crippen molar-refractivity contribution in [2.45, 2.75) is 58.0 Å². The lowest BCUT2D eigenvalue weighted by atomic mass is 10.3. The number of aliphatic hydroxyl groups is 1. The van der Waals surface area contributed by atoms with Crippen LogP contribution in [0.1, 0.15) is 33.6 Å². The lowest BCUT2D eigenvalue weighted by Crippen LogP contribution is -2.64. The molecule has 0 aliphatic rings. The SMILES string of the molecule is CCC(=O)OC(CO)(COC(C)CC)[Si](C)(C)OC. The van der Waals surface area contributed by atoms with E-state index in [4.69, 9.17) is 13.9 Å². The van der Waals surface area contributed by atoms with Crippen LogP contribution in [0, 0.1) is 0 Å². The predicted octanol–water partition coefficient (Wildman–Crippen LogP) is 1.88. The molecule has 0 aliphatic heterocycles. The molecule has 0 saturated carbocycles. The fourth-order valence-corrected chi connectivity index (χ4v) is 3.01. The summed E-state index contributed by atoms with van der Waals surface area (Å²) in [4.78, 5) is 11.6. The van der Waals surface area contributed by atoms with Gasteiger partial charge in [-0.15, -0.1) is 0 Å². The maximum absolute atomic E-state index is 11.6. The van der Waals surface area contributed by atoms with Crippen LogP contribution in [0.5, 0.6) is 0 Å². The highest BCUT2D eigenvalue weighted by Gasteiger charge is 2.52. The summed E-state index contributed by atoms with van der Waals surface area (Å²) in [6.45, 7) is 9.38. The van der Waals surface area contributed by atoms with Gasteiger partial charge in [-0.1, -0.05) is 13.8 Å². The molecule has 0 fully saturated rings. The molecule has 19 heavy (non-hydrogen) atoms. The van der Waals surface area contributed by atoms with Gasteiger partial charge >= 0.3 is 5.97 Å². The summed E-state index contributed by atoms with van der Waals surface area (Å²) in [5.74, 6) is -0.348. The molecule has 2 unspecified atom stereocenters. The first-order chi connectivity index (χ1) is 8.78. The zero-order valence-corrected chi connectivity index (χ0v) is 14.0. The maximum Gasteiger partial charge on any atom is 0.305 e. The van der Waals surface area contributed by atoms with E-state index in [0.717, 1.165) is 6.42 Å². The Morgan fingerprint density at radius 2 is 1.95 bits per heavy atom. The average molecular weight is 292 g/mol. The Morgan fingerprint density at radius 3 is 2.32 bits per heavy atom. The molecule has 6 heteroatoms. The van der Waals surface area contributed by atoms with Crippen LogP contribution in [-0.4, -0.2) is 51.0 Å². The minimum absolute atomic E-state index is 0.0490. The van der Waals surface area contributed by atoms with Crippen LogP contribution in [0.15, 0.2) is 0 Å². The van der Waals surface area contributed by atoms with Gasteiger partial charge in [0.2, 0.25) is 8.32 Å². The summed E-state index contributed by atoms with van der Waals surface area (Å²) in [5.41, 5.74) is 0. The molecule has 0 amide bonds. The van der Waals surface area contributed by atoms with Crippen LogP contribution in [0.3, 0.4) is 0 Å². The van der Waals surface area contributed by atoms with Crippen molar-refractivity contribution in [3.05, 3.63) is 0 Å². The van der Waals surface area contributed by atoms with Gasteiger partial charge in [0.1, 0.15) is 0 Å². The van der Waals surface area contributed by atoms with Crippen molar-refractivity contribution in [1.82, 2.24) is 0 Å². The number of ether oxygens (including phenoxy) is 2. The first kappa shape index (κ1) is 18.6. The van der Waals surface area contributed by atoms with E-state index in [1.54, 1.807) is 14.0 Å². The fourth-order valence-electron chi connectivity index (χ4n) is 1.47. The molecule has 114 valence electrons. The average Bonchev–Trinajstić information content (AvgIpc) is 2.42. The number of rotatable bonds is 9. The molecule has 0 spiro atoms. The molecular weight excluding hydrogens is 264 g/mol. The molecular formula is C13H28O5Si. The lowest BCUT2D eigenvalue weighted by molar-refractivity contribution is -0.164. The highest BCUT2D eigenvalue weighted by molar-refractivity contribution is 6.74. The van der Waals surface area contributed by atoms with E-state index in [-0.39, 0.29) is 31.7 Å². The molecule has 1 N–H and O–H groups in total. The Hall–Kier alpha value is -0.433. The van der Waals surface area contributed by atoms with Gasteiger partial charge in [0.05, 0.1) is 19.3 Å². The van der Waals surface area contributed by atoms with Crippen molar-refractivity contribution in [1.29, 1.82) is 0 Å². The monoisotopic (exact) mass is 292 g/mol. The lowest BCUT2D eigenvalue weighted by Gasteiger charge is -2.41. The summed E-state index contributed by atoms with van der Waals surface area (Å²) < 4.78 is 16.7. The Balaban J connectivity index is 5.12. The number of aliphatic hydroxyl groups excluding tert-OH is 1. The zero-order chi connectivity index (χ0) is 15.1. The van der Waals surface area contributed by atoms with E-state index in [1.807, 2.05) is 26.9 Å². The van der Waals surface area contributed by atoms with Crippen molar-refractivity contribution >= 4 is 14.3 Å². The maximum atomic E-state index is 11.6. The quantitative estimate of drug-likeness (QED) is 0.519. The number of esters is 1. The van der Waals surface area contributed by atoms with Gasteiger partial charge in [-0.2, -0.15) is 0 Å². The number of hydrogen-bond acceptors (Lipinski definition) is 5. The molecule has 0 heterocycles. The summed E-state index contributed by atoms with van der Waals surface area (Å²) in [6, 6.07) is 0. The third-order valence-electron chi connectivity index (χ3n) is 3.64. The molecule has 0 aliphatic carbocycles. The third-order valence-corrected chi connectivity index (χ3v) is 7.26. The van der Waals surface area contributed by atoms with Gasteiger partial charge in [-0.25, -0.2) is 0 Å². The predicted molar refractivity (Wildman–Crippen MR) is 76.4 cm³/mol. The van der Waals surface area contributed by atoms with Crippen LogP contribution < -0.4 is 0 Å². The fraction of sp³-hybridized carbons (Fsp3) is 0.923. The Labute approximate surface area is 117 Å². The molecule has 0 saturated heterocycles. The van der Waals surface area contributed by atoms with Gasteiger partial charge in [0.15, 0.2) is 5.22 Å². The molecule has 0 rings (SSSR count). The van der Waals surface area contributed by atoms with E-state index < -0.39 is 13.5 Å². The Bertz CT molecular complexity index is 282. The van der Waals surface area contributed by atoms with Gasteiger partial charge in [0.25, 0.3) is 0 Å². The molecule has 2 atom stereocenters. The van der Waals surface area contributed by atoms with Crippen LogP contribution >= 0.6 is 0 Å². The van der Waals surface area contributed by atoms with Crippen LogP contribution in [0.4, 0.5) is 0 Å². The second-order valence-corrected chi connectivity index (χ2v) is 9.56. The molecule has 0 bridgehead atoms. The van der Waals surface area contributed by atoms with Gasteiger partial charge < -0.3 is 19.0 Å². The summed E-state index contributed by atoms with van der Waals surface area (Å²) in [5, 5.41) is 8.71. The second kappa shape index (κ2) is 7.99. The highest BCUT2D eigenvalue weighted by atomic mass is 28.4. The van der Waals surface area contributed by atoms with Crippen LogP contribution in [-0.2, 0) is 18.7 Å².